The van der Waals surface area contributed by atoms with E-state index in [9.17, 15) is 9.59 Å². The quantitative estimate of drug-likeness (QED) is 0.564. The van der Waals surface area contributed by atoms with Crippen LogP contribution in [0.3, 0.4) is 0 Å². The van der Waals surface area contributed by atoms with Crippen molar-refractivity contribution >= 4 is 21.9 Å². The van der Waals surface area contributed by atoms with Crippen LogP contribution in [0.25, 0.3) is 21.9 Å². The number of pyridine rings is 1. The number of aryl methyl sites for hydroxylation is 2. The Labute approximate surface area is 102 Å². The maximum Gasteiger partial charge on any atom is 0.331 e. The van der Waals surface area contributed by atoms with E-state index in [1.165, 1.54) is 11.6 Å². The van der Waals surface area contributed by atoms with Crippen molar-refractivity contribution < 1.29 is 0 Å². The van der Waals surface area contributed by atoms with Crippen LogP contribution in [0.2, 0.25) is 0 Å². The van der Waals surface area contributed by atoms with Gasteiger partial charge in [-0.2, -0.15) is 0 Å². The molecule has 0 N–H and O–H groups in total. The van der Waals surface area contributed by atoms with Gasteiger partial charge in [-0.05, 0) is 6.07 Å². The van der Waals surface area contributed by atoms with Crippen molar-refractivity contribution in [1.82, 2.24) is 18.7 Å². The van der Waals surface area contributed by atoms with Gasteiger partial charge in [-0.25, -0.2) is 4.79 Å². The smallest absolute Gasteiger partial charge is 0.331 e. The molecular formula is C12H12N4O2. The Morgan fingerprint density at radius 2 is 1.72 bits per heavy atom. The van der Waals surface area contributed by atoms with Gasteiger partial charge in [0.25, 0.3) is 5.56 Å². The Hall–Kier alpha value is -2.37. The summed E-state index contributed by atoms with van der Waals surface area (Å²) in [6.07, 6.45) is 3.35. The van der Waals surface area contributed by atoms with E-state index in [-0.39, 0.29) is 11.2 Å². The van der Waals surface area contributed by atoms with Crippen molar-refractivity contribution in [3.8, 4) is 0 Å². The average Bonchev–Trinajstić information content (AvgIpc) is 2.68. The summed E-state index contributed by atoms with van der Waals surface area (Å²) in [4.78, 5) is 28.2. The Balaban J connectivity index is 2.83. The molecule has 6 nitrogen and oxygen atoms in total. The summed E-state index contributed by atoms with van der Waals surface area (Å²) in [6.45, 7) is 0. The molecule has 0 atom stereocenters. The fraction of sp³-hybridized carbons (Fsp3) is 0.250. The van der Waals surface area contributed by atoms with Gasteiger partial charge in [0.05, 0.1) is 17.2 Å². The highest BCUT2D eigenvalue weighted by atomic mass is 16.2. The summed E-state index contributed by atoms with van der Waals surface area (Å²) in [7, 11) is 4.96. The molecule has 0 amide bonds. The molecule has 92 valence electrons. The lowest BCUT2D eigenvalue weighted by atomic mass is 10.3. The van der Waals surface area contributed by atoms with Crippen LogP contribution in [0.5, 0.6) is 0 Å². The molecule has 0 aromatic carbocycles. The molecule has 0 aliphatic heterocycles. The first-order valence-corrected chi connectivity index (χ1v) is 5.52. The van der Waals surface area contributed by atoms with Crippen LogP contribution in [0.15, 0.2) is 28.0 Å². The fourth-order valence-corrected chi connectivity index (χ4v) is 2.41. The summed E-state index contributed by atoms with van der Waals surface area (Å²) in [6, 6.07) is 1.82. The largest absolute Gasteiger partial charge is 0.337 e. The molecule has 0 aliphatic rings. The van der Waals surface area contributed by atoms with Gasteiger partial charge >= 0.3 is 5.69 Å². The minimum absolute atomic E-state index is 0.285. The predicted molar refractivity (Wildman–Crippen MR) is 68.7 cm³/mol. The number of fused-ring (bicyclic) bond motifs is 3. The summed E-state index contributed by atoms with van der Waals surface area (Å²) in [5, 5.41) is 0.861. The van der Waals surface area contributed by atoms with Crippen molar-refractivity contribution in [3.63, 3.8) is 0 Å². The molecule has 0 aliphatic carbocycles. The Kier molecular flexibility index (Phi) is 1.98. The van der Waals surface area contributed by atoms with E-state index in [1.54, 1.807) is 31.1 Å². The number of hydrogen-bond donors (Lipinski definition) is 0. The molecular weight excluding hydrogens is 232 g/mol. The van der Waals surface area contributed by atoms with E-state index in [0.717, 1.165) is 15.5 Å². The zero-order valence-corrected chi connectivity index (χ0v) is 10.3. The van der Waals surface area contributed by atoms with Crippen LogP contribution in [0.1, 0.15) is 0 Å². The van der Waals surface area contributed by atoms with Gasteiger partial charge in [-0.3, -0.25) is 18.9 Å². The molecule has 0 fully saturated rings. The number of aromatic nitrogens is 4. The SMILES string of the molecule is Cn1c(=O)c2c(c3ccncc3n2C)n(C)c1=O. The van der Waals surface area contributed by atoms with Crippen LogP contribution in [0, 0.1) is 0 Å². The molecule has 18 heavy (non-hydrogen) atoms. The normalized spacial score (nSPS) is 11.5. The summed E-state index contributed by atoms with van der Waals surface area (Å²) < 4.78 is 4.40. The fourth-order valence-electron chi connectivity index (χ4n) is 2.41. The minimum atomic E-state index is -0.322. The molecule has 3 aromatic heterocycles. The van der Waals surface area contributed by atoms with Crippen LogP contribution in [-0.4, -0.2) is 18.7 Å². The maximum absolute atomic E-state index is 12.2. The summed E-state index contributed by atoms with van der Waals surface area (Å²) in [5.74, 6) is 0. The molecule has 0 radical (unpaired) electrons. The standard InChI is InChI=1S/C12H12N4O2/c1-14-8-6-13-5-4-7(8)9-10(14)11(17)16(3)12(18)15(9)2/h4-6H,1-3H3. The number of rotatable bonds is 0. The van der Waals surface area contributed by atoms with E-state index < -0.39 is 0 Å². The van der Waals surface area contributed by atoms with Gasteiger partial charge in [0.2, 0.25) is 0 Å². The van der Waals surface area contributed by atoms with Gasteiger partial charge in [-0.1, -0.05) is 0 Å². The van der Waals surface area contributed by atoms with Crippen LogP contribution in [0.4, 0.5) is 0 Å². The van der Waals surface area contributed by atoms with Gasteiger partial charge in [0.1, 0.15) is 5.52 Å². The second-order valence-electron chi connectivity index (χ2n) is 4.35. The predicted octanol–water partition coefficient (Wildman–Crippen LogP) is 0.124. The molecule has 0 spiro atoms. The van der Waals surface area contributed by atoms with Crippen LogP contribution < -0.4 is 11.2 Å². The van der Waals surface area contributed by atoms with Crippen molar-refractivity contribution in [2.45, 2.75) is 0 Å². The van der Waals surface area contributed by atoms with E-state index in [4.69, 9.17) is 0 Å². The Morgan fingerprint density at radius 3 is 2.44 bits per heavy atom. The van der Waals surface area contributed by atoms with Crippen molar-refractivity contribution in [2.75, 3.05) is 0 Å². The lowest BCUT2D eigenvalue weighted by Crippen LogP contribution is -2.37. The number of nitrogens with zero attached hydrogens (tertiary/aromatic N) is 4. The Morgan fingerprint density at radius 1 is 1.00 bits per heavy atom. The lowest BCUT2D eigenvalue weighted by molar-refractivity contribution is 0.709. The highest BCUT2D eigenvalue weighted by molar-refractivity contribution is 6.05. The van der Waals surface area contributed by atoms with E-state index in [0.29, 0.717) is 11.0 Å². The van der Waals surface area contributed by atoms with E-state index in [1.807, 2.05) is 6.07 Å². The molecule has 0 saturated carbocycles. The molecule has 3 aromatic rings. The van der Waals surface area contributed by atoms with Crippen molar-refractivity contribution in [2.24, 2.45) is 21.1 Å². The van der Waals surface area contributed by atoms with Crippen molar-refractivity contribution in [3.05, 3.63) is 39.3 Å². The topological polar surface area (TPSA) is 61.8 Å². The van der Waals surface area contributed by atoms with Crippen LogP contribution >= 0.6 is 0 Å². The number of hydrogen-bond acceptors (Lipinski definition) is 3. The van der Waals surface area contributed by atoms with E-state index in [2.05, 4.69) is 4.98 Å². The van der Waals surface area contributed by atoms with Crippen molar-refractivity contribution in [1.29, 1.82) is 0 Å². The summed E-state index contributed by atoms with van der Waals surface area (Å²) >= 11 is 0. The second kappa shape index (κ2) is 3.32. The van der Waals surface area contributed by atoms with Crippen LogP contribution in [-0.2, 0) is 21.1 Å². The Bertz CT molecular complexity index is 898. The molecule has 3 rings (SSSR count). The maximum atomic E-state index is 12.2. The second-order valence-corrected chi connectivity index (χ2v) is 4.35. The monoisotopic (exact) mass is 244 g/mol. The third kappa shape index (κ3) is 1.09. The molecule has 0 bridgehead atoms. The first kappa shape index (κ1) is 10.8. The van der Waals surface area contributed by atoms with E-state index >= 15 is 0 Å². The zero-order valence-electron chi connectivity index (χ0n) is 10.3. The first-order chi connectivity index (χ1) is 8.54. The third-order valence-corrected chi connectivity index (χ3v) is 3.39. The molecule has 0 unspecified atom stereocenters. The zero-order chi connectivity index (χ0) is 13.0. The highest BCUT2D eigenvalue weighted by Crippen LogP contribution is 2.23. The average molecular weight is 244 g/mol. The van der Waals surface area contributed by atoms with Gasteiger partial charge in [-0.15, -0.1) is 0 Å². The lowest BCUT2D eigenvalue weighted by Gasteiger charge is -2.04. The summed E-state index contributed by atoms with van der Waals surface area (Å²) in [5.41, 5.74) is 1.40. The molecule has 3 heterocycles. The van der Waals surface area contributed by atoms with Gasteiger partial charge in [0.15, 0.2) is 0 Å². The highest BCUT2D eigenvalue weighted by Gasteiger charge is 2.16. The molecule has 6 heteroatoms. The van der Waals surface area contributed by atoms with Gasteiger partial charge in [0, 0.05) is 32.7 Å². The minimum Gasteiger partial charge on any atom is -0.337 e. The first-order valence-electron chi connectivity index (χ1n) is 5.52. The van der Waals surface area contributed by atoms with Gasteiger partial charge < -0.3 is 4.57 Å². The third-order valence-electron chi connectivity index (χ3n) is 3.39. The molecule has 0 saturated heterocycles.